The van der Waals surface area contributed by atoms with Gasteiger partial charge in [0.2, 0.25) is 0 Å². The van der Waals surface area contributed by atoms with Gasteiger partial charge in [-0.25, -0.2) is 8.42 Å². The van der Waals surface area contributed by atoms with Crippen molar-refractivity contribution in [2.24, 2.45) is 4.99 Å². The van der Waals surface area contributed by atoms with Gasteiger partial charge in [-0.2, -0.15) is 4.99 Å². The van der Waals surface area contributed by atoms with E-state index in [0.717, 1.165) is 0 Å². The van der Waals surface area contributed by atoms with Gasteiger partial charge in [0.25, 0.3) is 5.91 Å². The summed E-state index contributed by atoms with van der Waals surface area (Å²) >= 11 is 1.29. The van der Waals surface area contributed by atoms with E-state index in [1.165, 1.54) is 25.8 Å². The summed E-state index contributed by atoms with van der Waals surface area (Å²) in [5.74, 6) is -0.450. The number of ether oxygens (including phenoxy) is 1. The van der Waals surface area contributed by atoms with Crippen molar-refractivity contribution in [1.82, 2.24) is 0 Å². The number of rotatable bonds is 4. The second-order valence-corrected chi connectivity index (χ2v) is 9.36. The summed E-state index contributed by atoms with van der Waals surface area (Å²) in [6, 6.07) is 6.63. The molecule has 3 rings (SSSR count). The zero-order valence-corrected chi connectivity index (χ0v) is 15.5. The zero-order valence-electron chi connectivity index (χ0n) is 13.8. The molecule has 25 heavy (non-hydrogen) atoms. The summed E-state index contributed by atoms with van der Waals surface area (Å²) in [6.07, 6.45) is 0. The Hall–Kier alpha value is -1.71. The number of hydrogen-bond acceptors (Lipinski definition) is 6. The average molecular weight is 382 g/mol. The molecule has 0 N–H and O–H groups in total. The topological polar surface area (TPSA) is 93.1 Å². The molecular formula is C16H18N2O5S2. The minimum absolute atomic E-state index is 0.00640. The highest BCUT2D eigenvalue weighted by Gasteiger charge is 2.49. The number of carbonyl (C=O) groups is 2. The number of Topliss-reactive ketones (excluding diaryl/α,β-unsaturated/α-hetero) is 1. The number of fused-ring (bicyclic) bond motifs is 1. The van der Waals surface area contributed by atoms with Crippen molar-refractivity contribution in [3.63, 3.8) is 0 Å². The van der Waals surface area contributed by atoms with Gasteiger partial charge >= 0.3 is 0 Å². The Kier molecular flexibility index (Phi) is 4.99. The third-order valence-corrected chi connectivity index (χ3v) is 7.30. The quantitative estimate of drug-likeness (QED) is 0.721. The van der Waals surface area contributed by atoms with Crippen molar-refractivity contribution >= 4 is 44.1 Å². The first-order valence-corrected chi connectivity index (χ1v) is 10.4. The van der Waals surface area contributed by atoms with Crippen LogP contribution in [0.15, 0.2) is 29.3 Å². The molecule has 2 heterocycles. The number of methoxy groups -OCH3 is 1. The van der Waals surface area contributed by atoms with Gasteiger partial charge in [-0.3, -0.25) is 9.59 Å². The Morgan fingerprint density at radius 3 is 2.80 bits per heavy atom. The second kappa shape index (κ2) is 6.89. The molecule has 2 unspecified atom stereocenters. The van der Waals surface area contributed by atoms with Crippen LogP contribution in [0.2, 0.25) is 0 Å². The summed E-state index contributed by atoms with van der Waals surface area (Å²) in [5, 5.41) is 0.271. The van der Waals surface area contributed by atoms with Gasteiger partial charge in [-0.05, 0) is 19.1 Å². The normalized spacial score (nSPS) is 26.0. The monoisotopic (exact) mass is 382 g/mol. The Morgan fingerprint density at radius 1 is 1.36 bits per heavy atom. The number of sulfone groups is 1. The third kappa shape index (κ3) is 3.78. The molecule has 1 amide bonds. The highest BCUT2D eigenvalue weighted by Crippen LogP contribution is 2.41. The van der Waals surface area contributed by atoms with E-state index in [1.807, 2.05) is 0 Å². The van der Waals surface area contributed by atoms with E-state index in [-0.39, 0.29) is 35.2 Å². The first-order valence-electron chi connectivity index (χ1n) is 7.68. The standard InChI is InChI=1S/C16H18N2O5S2/c1-10(19)11-4-3-5-12(6-11)18-13-8-25(21,22)9-14(13)24-16(18)17-15(20)7-23-2/h3-6,13-14H,7-9H2,1-2H3. The molecule has 2 fully saturated rings. The van der Waals surface area contributed by atoms with Crippen LogP contribution in [0.5, 0.6) is 0 Å². The van der Waals surface area contributed by atoms with E-state index >= 15 is 0 Å². The first-order chi connectivity index (χ1) is 11.8. The maximum Gasteiger partial charge on any atom is 0.274 e. The molecule has 7 nitrogen and oxygen atoms in total. The number of hydrogen-bond donors (Lipinski definition) is 0. The van der Waals surface area contributed by atoms with Crippen molar-refractivity contribution in [3.05, 3.63) is 29.8 Å². The fourth-order valence-corrected chi connectivity index (χ4v) is 6.93. The number of nitrogens with zero attached hydrogens (tertiary/aromatic N) is 2. The van der Waals surface area contributed by atoms with E-state index in [2.05, 4.69) is 4.99 Å². The molecule has 2 aliphatic rings. The molecule has 134 valence electrons. The Bertz CT molecular complexity index is 850. The van der Waals surface area contributed by atoms with Crippen molar-refractivity contribution < 1.29 is 22.7 Å². The molecule has 1 aromatic carbocycles. The van der Waals surface area contributed by atoms with E-state index in [1.54, 1.807) is 29.2 Å². The van der Waals surface area contributed by atoms with Crippen molar-refractivity contribution in [1.29, 1.82) is 0 Å². The van der Waals surface area contributed by atoms with Crippen LogP contribution in [0, 0.1) is 0 Å². The van der Waals surface area contributed by atoms with Gasteiger partial charge in [0.05, 0.1) is 17.5 Å². The lowest BCUT2D eigenvalue weighted by atomic mass is 10.1. The summed E-state index contributed by atoms with van der Waals surface area (Å²) in [5.41, 5.74) is 1.18. The molecule has 0 saturated carbocycles. The lowest BCUT2D eigenvalue weighted by molar-refractivity contribution is -0.121. The van der Waals surface area contributed by atoms with Gasteiger partial charge in [-0.1, -0.05) is 23.9 Å². The summed E-state index contributed by atoms with van der Waals surface area (Å²) < 4.78 is 28.8. The average Bonchev–Trinajstić information content (AvgIpc) is 2.98. The molecule has 9 heteroatoms. The molecule has 1 aromatic rings. The number of benzene rings is 1. The van der Waals surface area contributed by atoms with E-state index in [0.29, 0.717) is 16.4 Å². The number of anilines is 1. The molecule has 0 aliphatic carbocycles. The second-order valence-electron chi connectivity index (χ2n) is 6.00. The van der Waals surface area contributed by atoms with Crippen molar-refractivity contribution in [2.75, 3.05) is 30.1 Å². The van der Waals surface area contributed by atoms with Gasteiger partial charge in [0.15, 0.2) is 20.8 Å². The highest BCUT2D eigenvalue weighted by atomic mass is 32.2. The van der Waals surface area contributed by atoms with Crippen LogP contribution in [-0.2, 0) is 19.4 Å². The van der Waals surface area contributed by atoms with Gasteiger partial charge in [0.1, 0.15) is 6.61 Å². The predicted molar refractivity (Wildman–Crippen MR) is 97.1 cm³/mol. The minimum atomic E-state index is -3.13. The SMILES string of the molecule is COCC(=O)N=C1SC2CS(=O)(=O)CC2N1c1cccc(C(C)=O)c1. The largest absolute Gasteiger partial charge is 0.375 e. The van der Waals surface area contributed by atoms with Crippen LogP contribution >= 0.6 is 11.8 Å². The number of aliphatic imine (C=N–C) groups is 1. The predicted octanol–water partition coefficient (Wildman–Crippen LogP) is 1.14. The molecule has 2 aliphatic heterocycles. The summed E-state index contributed by atoms with van der Waals surface area (Å²) in [7, 11) is -1.72. The van der Waals surface area contributed by atoms with Crippen LogP contribution in [0.4, 0.5) is 5.69 Å². The first kappa shape index (κ1) is 18.1. The maximum atomic E-state index is 12.0. The fourth-order valence-electron chi connectivity index (χ4n) is 3.00. The molecule has 0 spiro atoms. The van der Waals surface area contributed by atoms with Crippen LogP contribution in [-0.4, -0.2) is 61.8 Å². The molecular weight excluding hydrogens is 364 g/mol. The number of thioether (sulfide) groups is 1. The molecule has 0 aromatic heterocycles. The maximum absolute atomic E-state index is 12.0. The highest BCUT2D eigenvalue weighted by molar-refractivity contribution is 8.16. The van der Waals surface area contributed by atoms with Gasteiger partial charge in [0, 0.05) is 23.6 Å². The van der Waals surface area contributed by atoms with E-state index in [4.69, 9.17) is 4.74 Å². The molecule has 0 bridgehead atoms. The van der Waals surface area contributed by atoms with Crippen LogP contribution in [0.1, 0.15) is 17.3 Å². The zero-order chi connectivity index (χ0) is 18.2. The number of amidine groups is 1. The molecule has 2 saturated heterocycles. The number of carbonyl (C=O) groups excluding carboxylic acids is 2. The van der Waals surface area contributed by atoms with Crippen molar-refractivity contribution in [2.45, 2.75) is 18.2 Å². The minimum Gasteiger partial charge on any atom is -0.375 e. The third-order valence-electron chi connectivity index (χ3n) is 4.09. The number of amides is 1. The molecule has 0 radical (unpaired) electrons. The van der Waals surface area contributed by atoms with E-state index in [9.17, 15) is 18.0 Å². The van der Waals surface area contributed by atoms with Crippen LogP contribution < -0.4 is 4.90 Å². The lowest BCUT2D eigenvalue weighted by Gasteiger charge is -2.24. The van der Waals surface area contributed by atoms with Crippen LogP contribution in [0.3, 0.4) is 0 Å². The van der Waals surface area contributed by atoms with Crippen molar-refractivity contribution in [3.8, 4) is 0 Å². The smallest absolute Gasteiger partial charge is 0.274 e. The Morgan fingerprint density at radius 2 is 2.12 bits per heavy atom. The summed E-state index contributed by atoms with van der Waals surface area (Å²) in [6.45, 7) is 1.33. The Balaban J connectivity index is 2.02. The van der Waals surface area contributed by atoms with Gasteiger partial charge < -0.3 is 9.64 Å². The number of ketones is 1. The van der Waals surface area contributed by atoms with Gasteiger partial charge in [-0.15, -0.1) is 0 Å². The van der Waals surface area contributed by atoms with E-state index < -0.39 is 15.7 Å². The fraction of sp³-hybridized carbons (Fsp3) is 0.438. The summed E-state index contributed by atoms with van der Waals surface area (Å²) in [4.78, 5) is 29.4. The lowest BCUT2D eigenvalue weighted by Crippen LogP contribution is -2.37. The Labute approximate surface area is 150 Å². The van der Waals surface area contributed by atoms with Crippen LogP contribution in [0.25, 0.3) is 0 Å². The molecule has 2 atom stereocenters.